The molecule has 3 amide bonds. The first kappa shape index (κ1) is 41.1. The Balaban J connectivity index is 0.00000605. The van der Waals surface area contributed by atoms with Crippen molar-refractivity contribution in [1.82, 2.24) is 15.5 Å². The molecule has 2 aromatic carbocycles. The number of ether oxygens (including phenoxy) is 1. The van der Waals surface area contributed by atoms with Gasteiger partial charge in [0.25, 0.3) is 0 Å². The predicted octanol–water partition coefficient (Wildman–Crippen LogP) is 2.37. The number of aromatic hydroxyl groups is 1. The molecule has 4 bridgehead atoms. The van der Waals surface area contributed by atoms with Gasteiger partial charge >= 0.3 is 5.97 Å². The number of hydrogen-bond donors (Lipinski definition) is 5. The van der Waals surface area contributed by atoms with E-state index in [1.54, 1.807) is 19.2 Å². The number of nitrogens with zero attached hydrogens (tertiary/aromatic N) is 1. The Bertz CT molecular complexity index is 1580. The first-order chi connectivity index (χ1) is 24.3. The van der Waals surface area contributed by atoms with Crippen molar-refractivity contribution < 1.29 is 33.8 Å². The van der Waals surface area contributed by atoms with Crippen molar-refractivity contribution >= 4 is 53.6 Å². The van der Waals surface area contributed by atoms with Gasteiger partial charge in [0.05, 0.1) is 37.1 Å². The van der Waals surface area contributed by atoms with Crippen LogP contribution in [0.15, 0.2) is 54.6 Å². The highest BCUT2D eigenvalue weighted by atomic mass is 35.5. The Morgan fingerprint density at radius 3 is 2.17 bits per heavy atom. The van der Waals surface area contributed by atoms with Crippen LogP contribution in [0.4, 0.5) is 0 Å². The zero-order valence-corrected chi connectivity index (χ0v) is 31.7. The largest absolute Gasteiger partial charge is 0.508 e. The van der Waals surface area contributed by atoms with Crippen LogP contribution < -0.4 is 22.1 Å². The molecular weight excluding hydrogens is 706 g/mol. The third-order valence-electron chi connectivity index (χ3n) is 11.2. The normalized spacial score (nSPS) is 25.9. The minimum Gasteiger partial charge on any atom is -0.508 e. The fourth-order valence-corrected chi connectivity index (χ4v) is 9.56. The van der Waals surface area contributed by atoms with E-state index in [2.05, 4.69) is 10.6 Å². The van der Waals surface area contributed by atoms with Crippen molar-refractivity contribution in [3.05, 3.63) is 65.7 Å². The summed E-state index contributed by atoms with van der Waals surface area (Å²) in [5.74, 6) is -1.91. The lowest BCUT2D eigenvalue weighted by Gasteiger charge is -2.63. The molecule has 4 fully saturated rings. The lowest BCUT2D eigenvalue weighted by atomic mass is 9.41. The van der Waals surface area contributed by atoms with Crippen molar-refractivity contribution in [2.24, 2.45) is 34.6 Å². The lowest BCUT2D eigenvalue weighted by molar-refractivity contribution is -0.189. The number of methoxy groups -OCH3 is 1. The van der Waals surface area contributed by atoms with E-state index in [-0.39, 0.29) is 48.6 Å². The van der Waals surface area contributed by atoms with E-state index in [4.69, 9.17) is 16.2 Å². The average Bonchev–Trinajstić information content (AvgIpc) is 3.10. The molecule has 6 atom stereocenters. The third kappa shape index (κ3) is 8.92. The number of nitrogens with two attached hydrogens (primary N) is 2. The molecule has 2 aromatic rings. The number of halogens is 1. The number of esters is 1. The number of carbonyl (C=O) groups excluding carboxylic acids is 5. The van der Waals surface area contributed by atoms with Gasteiger partial charge < -0.3 is 36.8 Å². The van der Waals surface area contributed by atoms with Gasteiger partial charge in [0.2, 0.25) is 17.7 Å². The SMILES string of the molecule is COC(=O)C12CC3CC(CC(N)(C3)C1C(=O)[C@H](Cc1ccccc1)N(C)C(=O)CNC(=O)[C@@H](CCSC)NC(=O)[C@@H](N)Cc1ccc(O)cc1)C2.Cl. The van der Waals surface area contributed by atoms with Crippen LogP contribution >= 0.6 is 24.2 Å². The molecule has 0 heterocycles. The molecule has 0 aromatic heterocycles. The van der Waals surface area contributed by atoms with Crippen LogP contribution in [0.2, 0.25) is 0 Å². The van der Waals surface area contributed by atoms with Crippen molar-refractivity contribution in [3.8, 4) is 5.75 Å². The van der Waals surface area contributed by atoms with Crippen LogP contribution in [-0.2, 0) is 41.6 Å². The summed E-state index contributed by atoms with van der Waals surface area (Å²) in [7, 11) is 2.89. The number of amides is 3. The van der Waals surface area contributed by atoms with E-state index >= 15 is 0 Å². The van der Waals surface area contributed by atoms with Crippen molar-refractivity contribution in [1.29, 1.82) is 0 Å². The second kappa shape index (κ2) is 17.5. The summed E-state index contributed by atoms with van der Waals surface area (Å²) in [6.45, 7) is -0.413. The summed E-state index contributed by atoms with van der Waals surface area (Å²) < 4.78 is 5.33. The molecule has 6 rings (SSSR count). The van der Waals surface area contributed by atoms with E-state index in [0.717, 1.165) is 17.5 Å². The Hall–Kier alpha value is -3.65. The summed E-state index contributed by atoms with van der Waals surface area (Å²) in [4.78, 5) is 70.0. The Morgan fingerprint density at radius 2 is 1.58 bits per heavy atom. The molecule has 7 N–H and O–H groups in total. The van der Waals surface area contributed by atoms with Gasteiger partial charge in [-0.2, -0.15) is 11.8 Å². The molecule has 4 aliphatic rings. The lowest BCUT2D eigenvalue weighted by Crippen LogP contribution is -2.72. The maximum absolute atomic E-state index is 14.9. The van der Waals surface area contributed by atoms with Gasteiger partial charge in [-0.3, -0.25) is 24.0 Å². The second-order valence-electron chi connectivity index (χ2n) is 14.7. The first-order valence-corrected chi connectivity index (χ1v) is 19.0. The fourth-order valence-electron chi connectivity index (χ4n) is 9.09. The first-order valence-electron chi connectivity index (χ1n) is 17.6. The molecule has 4 aliphatic carbocycles. The molecule has 3 unspecified atom stereocenters. The zero-order valence-electron chi connectivity index (χ0n) is 30.0. The van der Waals surface area contributed by atoms with Crippen LogP contribution in [0.3, 0.4) is 0 Å². The van der Waals surface area contributed by atoms with Gasteiger partial charge in [-0.05, 0) is 98.5 Å². The summed E-state index contributed by atoms with van der Waals surface area (Å²) in [5.41, 5.74) is 12.9. The number of nitrogens with one attached hydrogen (secondary N) is 2. The van der Waals surface area contributed by atoms with Crippen LogP contribution in [0.5, 0.6) is 5.75 Å². The van der Waals surface area contributed by atoms with E-state index < -0.39 is 65.2 Å². The van der Waals surface area contributed by atoms with Crippen LogP contribution in [0, 0.1) is 23.2 Å². The molecule has 284 valence electrons. The maximum Gasteiger partial charge on any atom is 0.312 e. The third-order valence-corrected chi connectivity index (χ3v) is 11.8. The minimum atomic E-state index is -1.04. The number of phenols is 1. The van der Waals surface area contributed by atoms with E-state index in [1.165, 1.54) is 35.9 Å². The topological polar surface area (TPSA) is 194 Å². The number of phenolic OH excluding ortho intramolecular Hbond substituents is 1. The monoisotopic (exact) mass is 757 g/mol. The Labute approximate surface area is 315 Å². The zero-order chi connectivity index (χ0) is 36.9. The summed E-state index contributed by atoms with van der Waals surface area (Å²) in [6.07, 6.45) is 5.96. The molecular formula is C38H52ClN5O7S. The second-order valence-corrected chi connectivity index (χ2v) is 15.7. The van der Waals surface area contributed by atoms with Gasteiger partial charge in [-0.15, -0.1) is 12.4 Å². The number of likely N-dealkylation sites (N-methyl/N-ethyl adjacent to an activating group) is 1. The average molecular weight is 758 g/mol. The Morgan fingerprint density at radius 1 is 0.962 bits per heavy atom. The highest BCUT2D eigenvalue weighted by Gasteiger charge is 2.68. The highest BCUT2D eigenvalue weighted by molar-refractivity contribution is 7.98. The molecule has 14 heteroatoms. The van der Waals surface area contributed by atoms with E-state index in [1.807, 2.05) is 36.6 Å². The number of thioether (sulfide) groups is 1. The molecule has 0 aliphatic heterocycles. The molecule has 0 spiro atoms. The Kier molecular flexibility index (Phi) is 13.8. The predicted molar refractivity (Wildman–Crippen MR) is 202 cm³/mol. The van der Waals surface area contributed by atoms with Crippen molar-refractivity contribution in [2.75, 3.05) is 32.7 Å². The number of ketones is 1. The number of Topliss-reactive ketones (excluding diaryl/α,β-unsaturated/α-hetero) is 1. The molecule has 12 nitrogen and oxygen atoms in total. The van der Waals surface area contributed by atoms with Gasteiger partial charge in [0.15, 0.2) is 5.78 Å². The summed E-state index contributed by atoms with van der Waals surface area (Å²) >= 11 is 1.51. The maximum atomic E-state index is 14.9. The van der Waals surface area contributed by atoms with Crippen molar-refractivity contribution in [2.45, 2.75) is 75.0 Å². The fraction of sp³-hybridized carbons (Fsp3) is 0.553. The molecule has 52 heavy (non-hydrogen) atoms. The minimum absolute atomic E-state index is 0. The number of benzene rings is 2. The van der Waals surface area contributed by atoms with Crippen molar-refractivity contribution in [3.63, 3.8) is 0 Å². The van der Waals surface area contributed by atoms with E-state index in [0.29, 0.717) is 37.9 Å². The van der Waals surface area contributed by atoms with Gasteiger partial charge in [0, 0.05) is 12.6 Å². The summed E-state index contributed by atoms with van der Waals surface area (Å²) in [6, 6.07) is 12.9. The van der Waals surface area contributed by atoms with E-state index in [9.17, 15) is 29.1 Å². The standard InChI is InChI=1S/C38H51N5O7S.ClH/c1-43(31(45)22-41-35(48)29(13-14-51-3)42-34(47)28(39)16-24-9-11-27(44)12-10-24)30(17-23-7-5-4-6-8-23)32(46)33-37(36(49)50-2)18-25-15-26(19-37)21-38(33,40)20-25;/h4-12,25-26,28-30,33,44H,13-22,39-40H2,1-3H3,(H,41,48)(H,42,47);1H/t25?,26?,28-,29+,30-,33?,37?,38?;/m0./s1. The number of hydrogen-bond acceptors (Lipinski definition) is 10. The van der Waals surface area contributed by atoms with Crippen LogP contribution in [0.25, 0.3) is 0 Å². The van der Waals surface area contributed by atoms with Crippen LogP contribution in [-0.4, -0.2) is 95.9 Å². The van der Waals surface area contributed by atoms with Gasteiger partial charge in [0.1, 0.15) is 11.8 Å². The molecule has 0 saturated heterocycles. The van der Waals surface area contributed by atoms with Gasteiger partial charge in [-0.25, -0.2) is 0 Å². The number of rotatable bonds is 16. The molecule has 0 radical (unpaired) electrons. The molecule has 4 saturated carbocycles. The summed E-state index contributed by atoms with van der Waals surface area (Å²) in [5, 5.41) is 14.9. The number of carbonyl (C=O) groups is 5. The highest BCUT2D eigenvalue weighted by Crippen LogP contribution is 2.64. The van der Waals surface area contributed by atoms with Crippen LogP contribution in [0.1, 0.15) is 49.7 Å². The smallest absolute Gasteiger partial charge is 0.312 e. The quantitative estimate of drug-likeness (QED) is 0.159. The van der Waals surface area contributed by atoms with Gasteiger partial charge in [-0.1, -0.05) is 42.5 Å².